The lowest BCUT2D eigenvalue weighted by molar-refractivity contribution is -0.384. The number of nitro groups is 1. The van der Waals surface area contributed by atoms with Gasteiger partial charge in [-0.15, -0.1) is 0 Å². The Kier molecular flexibility index (Phi) is 6.84. The van der Waals surface area contributed by atoms with Crippen molar-refractivity contribution >= 4 is 28.6 Å². The van der Waals surface area contributed by atoms with Gasteiger partial charge in [0.05, 0.1) is 28.5 Å². The van der Waals surface area contributed by atoms with E-state index in [0.29, 0.717) is 0 Å². The number of halogens is 3. The van der Waals surface area contributed by atoms with Gasteiger partial charge >= 0.3 is 18.1 Å². The molecule has 0 radical (unpaired) electrons. The number of nitro benzene ring substituents is 1. The van der Waals surface area contributed by atoms with Crippen molar-refractivity contribution in [3.05, 3.63) is 104 Å². The quantitative estimate of drug-likeness (QED) is 0.137. The summed E-state index contributed by atoms with van der Waals surface area (Å²) in [5.74, 6) is -4.92. The molecule has 0 bridgehead atoms. The van der Waals surface area contributed by atoms with Gasteiger partial charge in [0.2, 0.25) is 11.2 Å². The lowest BCUT2D eigenvalue weighted by Crippen LogP contribution is -2.15. The van der Waals surface area contributed by atoms with Gasteiger partial charge in [0.1, 0.15) is 17.1 Å². The Morgan fingerprint density at radius 2 is 1.47 bits per heavy atom. The molecule has 0 fully saturated rings. The predicted molar refractivity (Wildman–Crippen MR) is 123 cm³/mol. The van der Waals surface area contributed by atoms with Gasteiger partial charge in [-0.25, -0.2) is 9.59 Å². The Hall–Kier alpha value is -5.20. The number of benzene rings is 3. The number of nitrogens with zero attached hydrogens (tertiary/aromatic N) is 1. The second-order valence-corrected chi connectivity index (χ2v) is 7.56. The highest BCUT2D eigenvalue weighted by molar-refractivity contribution is 5.92. The molecule has 38 heavy (non-hydrogen) atoms. The number of alkyl halides is 3. The third kappa shape index (κ3) is 5.31. The van der Waals surface area contributed by atoms with Crippen molar-refractivity contribution in [1.82, 2.24) is 0 Å². The van der Waals surface area contributed by atoms with Crippen LogP contribution < -0.4 is 14.9 Å². The zero-order chi connectivity index (χ0) is 27.6. The topological polar surface area (TPSA) is 135 Å². The predicted octanol–water partition coefficient (Wildman–Crippen LogP) is 5.52. The molecule has 4 aromatic rings. The molecular formula is C25H14F3NO9. The Labute approximate surface area is 209 Å². The summed E-state index contributed by atoms with van der Waals surface area (Å²) < 4.78 is 61.2. The Morgan fingerprint density at radius 1 is 0.895 bits per heavy atom. The molecule has 0 saturated heterocycles. The van der Waals surface area contributed by atoms with Crippen LogP contribution in [0.15, 0.2) is 75.9 Å². The number of carbonyl (C=O) groups is 2. The van der Waals surface area contributed by atoms with Crippen LogP contribution in [0, 0.1) is 10.1 Å². The number of non-ortho nitro benzene ring substituents is 1. The van der Waals surface area contributed by atoms with E-state index < -0.39 is 45.6 Å². The third-order valence-electron chi connectivity index (χ3n) is 5.10. The van der Waals surface area contributed by atoms with Crippen LogP contribution in [0.5, 0.6) is 17.2 Å². The maximum Gasteiger partial charge on any atom is 0.453 e. The van der Waals surface area contributed by atoms with E-state index in [0.717, 1.165) is 49.6 Å². The van der Waals surface area contributed by atoms with Crippen molar-refractivity contribution in [2.75, 3.05) is 7.11 Å². The normalized spacial score (nSPS) is 11.2. The average Bonchev–Trinajstić information content (AvgIpc) is 2.89. The average molecular weight is 529 g/mol. The minimum atomic E-state index is -5.14. The molecule has 0 spiro atoms. The first-order chi connectivity index (χ1) is 18.0. The number of methoxy groups -OCH3 is 1. The van der Waals surface area contributed by atoms with Crippen LogP contribution in [0.3, 0.4) is 0 Å². The van der Waals surface area contributed by atoms with Gasteiger partial charge in [0.25, 0.3) is 11.4 Å². The van der Waals surface area contributed by atoms with Gasteiger partial charge in [0, 0.05) is 18.2 Å². The van der Waals surface area contributed by atoms with Crippen molar-refractivity contribution in [2.24, 2.45) is 0 Å². The van der Waals surface area contributed by atoms with Crippen LogP contribution in [0.4, 0.5) is 18.9 Å². The van der Waals surface area contributed by atoms with Crippen molar-refractivity contribution < 1.29 is 46.3 Å². The number of esters is 2. The summed E-state index contributed by atoms with van der Waals surface area (Å²) in [6, 6.07) is 12.4. The fourth-order valence-corrected chi connectivity index (χ4v) is 3.28. The van der Waals surface area contributed by atoms with Crippen LogP contribution in [0.25, 0.3) is 11.0 Å². The Bertz CT molecular complexity index is 1610. The number of rotatable bonds is 6. The van der Waals surface area contributed by atoms with Gasteiger partial charge in [-0.2, -0.15) is 13.2 Å². The van der Waals surface area contributed by atoms with Crippen LogP contribution in [-0.4, -0.2) is 24.0 Å². The molecule has 0 aliphatic heterocycles. The summed E-state index contributed by atoms with van der Waals surface area (Å²) in [5.41, 5.74) is -1.90. The van der Waals surface area contributed by atoms with Gasteiger partial charge in [-0.1, -0.05) is 0 Å². The zero-order valence-corrected chi connectivity index (χ0v) is 19.1. The maximum atomic E-state index is 13.8. The highest BCUT2D eigenvalue weighted by Crippen LogP contribution is 2.38. The van der Waals surface area contributed by atoms with Crippen LogP contribution in [0.1, 0.15) is 26.5 Å². The van der Waals surface area contributed by atoms with Gasteiger partial charge in [-0.05, 0) is 48.5 Å². The maximum absolute atomic E-state index is 13.8. The minimum Gasteiger partial charge on any atom is -0.465 e. The molecule has 194 valence electrons. The number of carbonyl (C=O) groups excluding carboxylic acids is 2. The SMILES string of the molecule is COC(=O)c1ccc(Oc2c(C(F)(F)F)oc3cc(OC(=O)c4ccc([N+](=O)[O-])cc4)ccc3c2=O)cc1. The van der Waals surface area contributed by atoms with Gasteiger partial charge in [-0.3, -0.25) is 14.9 Å². The summed E-state index contributed by atoms with van der Waals surface area (Å²) in [7, 11) is 1.16. The van der Waals surface area contributed by atoms with E-state index in [1.165, 1.54) is 24.3 Å². The fourth-order valence-electron chi connectivity index (χ4n) is 3.28. The van der Waals surface area contributed by atoms with Crippen molar-refractivity contribution in [1.29, 1.82) is 0 Å². The molecule has 13 heteroatoms. The molecule has 3 aromatic carbocycles. The Balaban J connectivity index is 1.68. The first-order valence-corrected chi connectivity index (χ1v) is 10.5. The molecule has 0 atom stereocenters. The van der Waals surface area contributed by atoms with Gasteiger partial charge in [0.15, 0.2) is 0 Å². The van der Waals surface area contributed by atoms with Crippen molar-refractivity contribution in [3.8, 4) is 17.2 Å². The monoisotopic (exact) mass is 529 g/mol. The summed E-state index contributed by atoms with van der Waals surface area (Å²) in [5, 5.41) is 10.4. The zero-order valence-electron chi connectivity index (χ0n) is 19.1. The van der Waals surface area contributed by atoms with Gasteiger partial charge < -0.3 is 18.6 Å². The van der Waals surface area contributed by atoms with E-state index in [9.17, 15) is 37.7 Å². The van der Waals surface area contributed by atoms with Crippen LogP contribution >= 0.6 is 0 Å². The molecule has 0 N–H and O–H groups in total. The minimum absolute atomic E-state index is 0.0601. The van der Waals surface area contributed by atoms with E-state index in [2.05, 4.69) is 4.74 Å². The largest absolute Gasteiger partial charge is 0.465 e. The molecule has 1 heterocycles. The van der Waals surface area contributed by atoms with E-state index in [-0.39, 0.29) is 33.7 Å². The molecule has 4 rings (SSSR count). The number of hydrogen-bond acceptors (Lipinski definition) is 9. The number of fused-ring (bicyclic) bond motifs is 1. The lowest BCUT2D eigenvalue weighted by atomic mass is 10.2. The van der Waals surface area contributed by atoms with Crippen molar-refractivity contribution in [3.63, 3.8) is 0 Å². The molecule has 0 unspecified atom stereocenters. The Morgan fingerprint density at radius 3 is 2.05 bits per heavy atom. The molecule has 0 aliphatic rings. The highest BCUT2D eigenvalue weighted by atomic mass is 19.4. The van der Waals surface area contributed by atoms with E-state index in [1.54, 1.807) is 0 Å². The summed E-state index contributed by atoms with van der Waals surface area (Å²) in [6.07, 6.45) is -5.14. The fraction of sp³-hybridized carbons (Fsp3) is 0.0800. The van der Waals surface area contributed by atoms with E-state index in [4.69, 9.17) is 13.9 Å². The first kappa shape index (κ1) is 25.9. The summed E-state index contributed by atoms with van der Waals surface area (Å²) in [6.45, 7) is 0. The van der Waals surface area contributed by atoms with Crippen molar-refractivity contribution in [2.45, 2.75) is 6.18 Å². The summed E-state index contributed by atoms with van der Waals surface area (Å²) >= 11 is 0. The molecule has 0 amide bonds. The van der Waals surface area contributed by atoms with Crippen LogP contribution in [0.2, 0.25) is 0 Å². The second-order valence-electron chi connectivity index (χ2n) is 7.56. The molecule has 0 aliphatic carbocycles. The molecule has 0 saturated carbocycles. The standard InChI is InChI=1S/C25H14F3NO9/c1-35-23(31)13-4-8-16(9-5-13)36-21-20(30)18-11-10-17(12-19(18)38-22(21)25(26,27)28)37-24(32)14-2-6-15(7-3-14)29(33)34/h2-12H,1H3. The van der Waals surface area contributed by atoms with Crippen LogP contribution in [-0.2, 0) is 10.9 Å². The first-order valence-electron chi connectivity index (χ1n) is 10.5. The molecular weight excluding hydrogens is 515 g/mol. The lowest BCUT2D eigenvalue weighted by Gasteiger charge is -2.14. The van der Waals surface area contributed by atoms with E-state index in [1.807, 2.05) is 0 Å². The highest BCUT2D eigenvalue weighted by Gasteiger charge is 2.40. The van der Waals surface area contributed by atoms with E-state index >= 15 is 0 Å². The number of ether oxygens (including phenoxy) is 3. The molecule has 1 aromatic heterocycles. The molecule has 10 nitrogen and oxygen atoms in total. The number of hydrogen-bond donors (Lipinski definition) is 0. The smallest absolute Gasteiger partial charge is 0.453 e. The third-order valence-corrected chi connectivity index (χ3v) is 5.10. The second kappa shape index (κ2) is 10.0. The summed E-state index contributed by atoms with van der Waals surface area (Å²) in [4.78, 5) is 46.9.